The second-order valence-corrected chi connectivity index (χ2v) is 2.35. The fraction of sp³-hybridized carbons (Fsp3) is 0. The summed E-state index contributed by atoms with van der Waals surface area (Å²) in [6.07, 6.45) is 1.67. The van der Waals surface area contributed by atoms with E-state index in [2.05, 4.69) is 30.2 Å². The quantitative estimate of drug-likeness (QED) is 0.527. The number of thiol groups is 2. The first-order valence-corrected chi connectivity index (χ1v) is 3.02. The zero-order valence-corrected chi connectivity index (χ0v) is 5.86. The van der Waals surface area contributed by atoms with Crippen LogP contribution in [0.25, 0.3) is 0 Å². The molecule has 0 bridgehead atoms. The van der Waals surface area contributed by atoms with E-state index in [0.717, 1.165) is 4.90 Å². The van der Waals surface area contributed by atoms with E-state index in [1.165, 1.54) is 0 Å². The maximum absolute atomic E-state index is 4.07. The maximum atomic E-state index is 4.07. The van der Waals surface area contributed by atoms with Crippen molar-refractivity contribution in [2.24, 2.45) is 0 Å². The molecule has 8 heavy (non-hydrogen) atoms. The van der Waals surface area contributed by atoms with Gasteiger partial charge in [0.15, 0.2) is 0 Å². The lowest BCUT2D eigenvalue weighted by Crippen LogP contribution is -1.71. The Balaban J connectivity index is 3.08. The van der Waals surface area contributed by atoms with Crippen molar-refractivity contribution in [2.75, 3.05) is 0 Å². The van der Waals surface area contributed by atoms with E-state index in [1.807, 2.05) is 6.07 Å². The molecule has 0 aromatic carbocycles. The molecule has 0 radical (unpaired) electrons. The van der Waals surface area contributed by atoms with E-state index >= 15 is 0 Å². The van der Waals surface area contributed by atoms with Crippen molar-refractivity contribution in [2.45, 2.75) is 9.92 Å². The molecular weight excluding hydrogens is 138 g/mol. The van der Waals surface area contributed by atoms with Crippen LogP contribution in [0.1, 0.15) is 0 Å². The molecule has 0 N–H and O–H groups in total. The first-order chi connectivity index (χ1) is 3.79. The van der Waals surface area contributed by atoms with Crippen molar-refractivity contribution >= 4 is 25.3 Å². The van der Waals surface area contributed by atoms with Gasteiger partial charge in [-0.15, -0.1) is 25.3 Å². The Labute approximate surface area is 59.0 Å². The number of hydrogen-bond donors (Lipinski definition) is 2. The highest BCUT2D eigenvalue weighted by atomic mass is 32.1. The summed E-state index contributed by atoms with van der Waals surface area (Å²) in [5, 5.41) is 0.706. The van der Waals surface area contributed by atoms with Crippen LogP contribution < -0.4 is 0 Å². The van der Waals surface area contributed by atoms with Gasteiger partial charge in [-0.1, -0.05) is 0 Å². The zero-order chi connectivity index (χ0) is 5.98. The molecule has 0 unspecified atom stereocenters. The Morgan fingerprint density at radius 3 is 2.50 bits per heavy atom. The lowest BCUT2D eigenvalue weighted by atomic mass is 10.5. The molecule has 1 rings (SSSR count). The summed E-state index contributed by atoms with van der Waals surface area (Å²) >= 11 is 8.06. The van der Waals surface area contributed by atoms with Crippen LogP contribution >= 0.6 is 25.3 Å². The highest BCUT2D eigenvalue weighted by Gasteiger charge is 1.83. The highest BCUT2D eigenvalue weighted by molar-refractivity contribution is 7.81. The molecule has 1 aromatic rings. The van der Waals surface area contributed by atoms with E-state index < -0.39 is 0 Å². The fourth-order valence-electron chi connectivity index (χ4n) is 0.408. The number of rotatable bonds is 0. The smallest absolute Gasteiger partial charge is 0.0940 e. The standard InChI is InChI=1S/C5H5NS2/c7-4-1-2-6-5(8)3-4/h1-3H,(H2,6,7,8). The lowest BCUT2D eigenvalue weighted by Gasteiger charge is -1.88. The summed E-state index contributed by atoms with van der Waals surface area (Å²) < 4.78 is 0. The molecule has 1 nitrogen and oxygen atoms in total. The average Bonchev–Trinajstić information content (AvgIpc) is 1.64. The third-order valence-corrected chi connectivity index (χ3v) is 1.25. The van der Waals surface area contributed by atoms with Crippen molar-refractivity contribution in [1.29, 1.82) is 0 Å². The van der Waals surface area contributed by atoms with Gasteiger partial charge in [0.1, 0.15) is 0 Å². The van der Waals surface area contributed by atoms with Gasteiger partial charge in [0.05, 0.1) is 5.03 Å². The van der Waals surface area contributed by atoms with E-state index in [4.69, 9.17) is 0 Å². The Kier molecular flexibility index (Phi) is 1.81. The number of hydrogen-bond acceptors (Lipinski definition) is 3. The van der Waals surface area contributed by atoms with E-state index in [1.54, 1.807) is 12.3 Å². The lowest BCUT2D eigenvalue weighted by molar-refractivity contribution is 1.10. The molecule has 0 saturated carbocycles. The van der Waals surface area contributed by atoms with Crippen molar-refractivity contribution in [3.05, 3.63) is 18.3 Å². The second-order valence-electron chi connectivity index (χ2n) is 1.37. The molecule has 0 aliphatic rings. The van der Waals surface area contributed by atoms with Gasteiger partial charge in [0.25, 0.3) is 0 Å². The maximum Gasteiger partial charge on any atom is 0.0940 e. The van der Waals surface area contributed by atoms with Crippen LogP contribution in [0.3, 0.4) is 0 Å². The number of aromatic nitrogens is 1. The van der Waals surface area contributed by atoms with E-state index in [0.29, 0.717) is 5.03 Å². The van der Waals surface area contributed by atoms with Gasteiger partial charge in [-0.2, -0.15) is 0 Å². The van der Waals surface area contributed by atoms with E-state index in [-0.39, 0.29) is 0 Å². The third-order valence-electron chi connectivity index (χ3n) is 0.729. The molecule has 3 heteroatoms. The van der Waals surface area contributed by atoms with Gasteiger partial charge in [-0.3, -0.25) is 4.98 Å². The molecule has 0 atom stereocenters. The Bertz CT molecular complexity index is 170. The summed E-state index contributed by atoms with van der Waals surface area (Å²) in [7, 11) is 0. The minimum Gasteiger partial charge on any atom is -0.250 e. The summed E-state index contributed by atoms with van der Waals surface area (Å²) in [6, 6.07) is 3.59. The molecule has 0 spiro atoms. The van der Waals surface area contributed by atoms with Gasteiger partial charge in [-0.05, 0) is 12.1 Å². The minimum atomic E-state index is 0.706. The average molecular weight is 143 g/mol. The zero-order valence-electron chi connectivity index (χ0n) is 4.07. The number of nitrogens with zero attached hydrogens (tertiary/aromatic N) is 1. The summed E-state index contributed by atoms with van der Waals surface area (Å²) in [5.74, 6) is 0. The van der Waals surface area contributed by atoms with Gasteiger partial charge in [0, 0.05) is 11.1 Å². The Morgan fingerprint density at radius 2 is 2.12 bits per heavy atom. The third kappa shape index (κ3) is 1.42. The number of pyridine rings is 1. The second kappa shape index (κ2) is 2.42. The first kappa shape index (κ1) is 5.98. The molecule has 1 heterocycles. The molecule has 42 valence electrons. The molecule has 0 aliphatic heterocycles. The molecule has 0 fully saturated rings. The predicted molar refractivity (Wildman–Crippen MR) is 38.7 cm³/mol. The van der Waals surface area contributed by atoms with Crippen LogP contribution in [0.15, 0.2) is 28.3 Å². The molecular formula is C5H5NS2. The van der Waals surface area contributed by atoms with Crippen molar-refractivity contribution < 1.29 is 0 Å². The predicted octanol–water partition coefficient (Wildman–Crippen LogP) is 1.66. The monoisotopic (exact) mass is 143 g/mol. The Hall–Kier alpha value is -0.150. The van der Waals surface area contributed by atoms with E-state index in [9.17, 15) is 0 Å². The van der Waals surface area contributed by atoms with Crippen LogP contribution in [0.2, 0.25) is 0 Å². The minimum absolute atomic E-state index is 0.706. The molecule has 0 aliphatic carbocycles. The van der Waals surface area contributed by atoms with Crippen LogP contribution in [-0.2, 0) is 0 Å². The SMILES string of the molecule is Sc1ccnc(S)c1. The fourth-order valence-corrected chi connectivity index (χ4v) is 0.904. The Morgan fingerprint density at radius 1 is 1.38 bits per heavy atom. The van der Waals surface area contributed by atoms with Gasteiger partial charge in [0.2, 0.25) is 0 Å². The summed E-state index contributed by atoms with van der Waals surface area (Å²) in [4.78, 5) is 4.75. The van der Waals surface area contributed by atoms with Crippen molar-refractivity contribution in [3.8, 4) is 0 Å². The molecule has 0 amide bonds. The van der Waals surface area contributed by atoms with Crippen LogP contribution in [-0.4, -0.2) is 4.98 Å². The molecule has 0 saturated heterocycles. The summed E-state index contributed by atoms with van der Waals surface area (Å²) in [5.41, 5.74) is 0. The highest BCUT2D eigenvalue weighted by Crippen LogP contribution is 2.07. The van der Waals surface area contributed by atoms with Crippen molar-refractivity contribution in [1.82, 2.24) is 4.98 Å². The van der Waals surface area contributed by atoms with Crippen molar-refractivity contribution in [3.63, 3.8) is 0 Å². The summed E-state index contributed by atoms with van der Waals surface area (Å²) in [6.45, 7) is 0. The van der Waals surface area contributed by atoms with Gasteiger partial charge in [-0.25, -0.2) is 0 Å². The normalized spacial score (nSPS) is 9.25. The largest absolute Gasteiger partial charge is 0.250 e. The van der Waals surface area contributed by atoms with Crippen LogP contribution in [0.5, 0.6) is 0 Å². The van der Waals surface area contributed by atoms with Crippen LogP contribution in [0, 0.1) is 0 Å². The van der Waals surface area contributed by atoms with Gasteiger partial charge >= 0.3 is 0 Å². The molecule has 1 aromatic heterocycles. The first-order valence-electron chi connectivity index (χ1n) is 2.13. The van der Waals surface area contributed by atoms with Crippen LogP contribution in [0.4, 0.5) is 0 Å². The van der Waals surface area contributed by atoms with Gasteiger partial charge < -0.3 is 0 Å². The topological polar surface area (TPSA) is 12.9 Å².